The third kappa shape index (κ3) is 3.18. The molecular formula is C20H21NO5. The summed E-state index contributed by atoms with van der Waals surface area (Å²) in [5, 5.41) is 1.30. The van der Waals surface area contributed by atoms with E-state index in [1.165, 1.54) is 0 Å². The monoisotopic (exact) mass is 355 g/mol. The Bertz CT molecular complexity index is 993. The maximum atomic E-state index is 13.0. The highest BCUT2D eigenvalue weighted by molar-refractivity contribution is 5.89. The molecule has 1 aromatic heterocycles. The minimum atomic E-state index is -0.128. The van der Waals surface area contributed by atoms with Crippen LogP contribution in [0.2, 0.25) is 0 Å². The quantitative estimate of drug-likeness (QED) is 0.680. The number of hydrogen-bond donors (Lipinski definition) is 0. The van der Waals surface area contributed by atoms with E-state index in [1.54, 1.807) is 45.3 Å². The number of aromatic nitrogens is 1. The lowest BCUT2D eigenvalue weighted by Gasteiger charge is -2.13. The van der Waals surface area contributed by atoms with Crippen molar-refractivity contribution in [2.24, 2.45) is 0 Å². The fourth-order valence-electron chi connectivity index (χ4n) is 2.93. The van der Waals surface area contributed by atoms with E-state index in [2.05, 4.69) is 0 Å². The summed E-state index contributed by atoms with van der Waals surface area (Å²) in [6.45, 7) is 0.407. The Morgan fingerprint density at radius 2 is 1.54 bits per heavy atom. The van der Waals surface area contributed by atoms with Crippen molar-refractivity contribution in [2.45, 2.75) is 6.54 Å². The molecule has 0 saturated carbocycles. The van der Waals surface area contributed by atoms with Crippen LogP contribution in [0.15, 0.2) is 47.4 Å². The Morgan fingerprint density at radius 1 is 0.808 bits per heavy atom. The van der Waals surface area contributed by atoms with Crippen LogP contribution in [0.4, 0.5) is 0 Å². The van der Waals surface area contributed by atoms with Gasteiger partial charge in [0.1, 0.15) is 11.5 Å². The summed E-state index contributed by atoms with van der Waals surface area (Å²) in [5.41, 5.74) is 0.799. The van der Waals surface area contributed by atoms with Gasteiger partial charge in [0.25, 0.3) is 5.56 Å². The van der Waals surface area contributed by atoms with Gasteiger partial charge in [-0.1, -0.05) is 6.07 Å². The van der Waals surface area contributed by atoms with Gasteiger partial charge in [-0.2, -0.15) is 0 Å². The molecule has 6 nitrogen and oxygen atoms in total. The van der Waals surface area contributed by atoms with Crippen LogP contribution in [0.25, 0.3) is 10.8 Å². The van der Waals surface area contributed by atoms with Gasteiger partial charge in [-0.3, -0.25) is 4.79 Å². The highest BCUT2D eigenvalue weighted by atomic mass is 16.5. The first-order valence-corrected chi connectivity index (χ1v) is 8.07. The predicted molar refractivity (Wildman–Crippen MR) is 100.0 cm³/mol. The fourth-order valence-corrected chi connectivity index (χ4v) is 2.93. The number of hydrogen-bond acceptors (Lipinski definition) is 5. The van der Waals surface area contributed by atoms with E-state index >= 15 is 0 Å². The lowest BCUT2D eigenvalue weighted by Crippen LogP contribution is -2.20. The van der Waals surface area contributed by atoms with Gasteiger partial charge in [0, 0.05) is 12.3 Å². The normalized spacial score (nSPS) is 10.6. The van der Waals surface area contributed by atoms with Crippen molar-refractivity contribution in [1.29, 1.82) is 0 Å². The molecule has 0 fully saturated rings. The molecule has 0 aliphatic heterocycles. The van der Waals surface area contributed by atoms with Crippen LogP contribution >= 0.6 is 0 Å². The van der Waals surface area contributed by atoms with Gasteiger partial charge in [0.05, 0.1) is 40.4 Å². The summed E-state index contributed by atoms with van der Waals surface area (Å²) in [6.07, 6.45) is 1.76. The van der Waals surface area contributed by atoms with E-state index in [0.29, 0.717) is 34.9 Å². The Kier molecular flexibility index (Phi) is 5.02. The first kappa shape index (κ1) is 17.7. The predicted octanol–water partition coefficient (Wildman–Crippen LogP) is 3.08. The summed E-state index contributed by atoms with van der Waals surface area (Å²) in [6, 6.07) is 11.0. The highest BCUT2D eigenvalue weighted by Gasteiger charge is 2.12. The molecule has 6 heteroatoms. The third-order valence-corrected chi connectivity index (χ3v) is 4.27. The van der Waals surface area contributed by atoms with Gasteiger partial charge in [0.15, 0.2) is 11.5 Å². The standard InChI is InChI=1S/C20H21NO5/c1-23-15-10-14-7-8-21(20(22)19(14)18(11-15)26-4)12-13-5-6-16(24-2)17(9-13)25-3/h5-11H,12H2,1-4H3. The molecule has 0 atom stereocenters. The van der Waals surface area contributed by atoms with Gasteiger partial charge in [-0.05, 0) is 35.2 Å². The molecule has 0 unspecified atom stereocenters. The molecule has 0 saturated heterocycles. The summed E-state index contributed by atoms with van der Waals surface area (Å²) in [4.78, 5) is 13.0. The maximum Gasteiger partial charge on any atom is 0.262 e. The van der Waals surface area contributed by atoms with Crippen molar-refractivity contribution in [3.63, 3.8) is 0 Å². The second-order valence-corrected chi connectivity index (χ2v) is 5.73. The van der Waals surface area contributed by atoms with Crippen molar-refractivity contribution >= 4 is 10.8 Å². The lowest BCUT2D eigenvalue weighted by molar-refractivity contribution is 0.354. The zero-order valence-electron chi connectivity index (χ0n) is 15.2. The molecule has 3 rings (SSSR count). The number of rotatable bonds is 6. The molecule has 0 aliphatic rings. The first-order chi connectivity index (χ1) is 12.6. The van der Waals surface area contributed by atoms with Crippen LogP contribution in [0.3, 0.4) is 0 Å². The molecular weight excluding hydrogens is 334 g/mol. The van der Waals surface area contributed by atoms with Crippen LogP contribution < -0.4 is 24.5 Å². The molecule has 0 amide bonds. The van der Waals surface area contributed by atoms with E-state index in [0.717, 1.165) is 10.9 Å². The van der Waals surface area contributed by atoms with Crippen LogP contribution in [0.1, 0.15) is 5.56 Å². The molecule has 0 N–H and O–H groups in total. The molecule has 0 bridgehead atoms. The minimum absolute atomic E-state index is 0.128. The number of ether oxygens (including phenoxy) is 4. The van der Waals surface area contributed by atoms with E-state index < -0.39 is 0 Å². The summed E-state index contributed by atoms with van der Waals surface area (Å²) in [7, 11) is 6.30. The Hall–Kier alpha value is -3.15. The van der Waals surface area contributed by atoms with Crippen molar-refractivity contribution in [3.8, 4) is 23.0 Å². The second-order valence-electron chi connectivity index (χ2n) is 5.73. The number of fused-ring (bicyclic) bond motifs is 1. The Balaban J connectivity index is 2.07. The SMILES string of the molecule is COc1cc(OC)c2c(=O)n(Cc3ccc(OC)c(OC)c3)ccc2c1. The molecule has 0 radical (unpaired) electrons. The van der Waals surface area contributed by atoms with Crippen LogP contribution in [-0.4, -0.2) is 33.0 Å². The van der Waals surface area contributed by atoms with Crippen LogP contribution in [0.5, 0.6) is 23.0 Å². The maximum absolute atomic E-state index is 13.0. The molecule has 2 aromatic carbocycles. The number of benzene rings is 2. The van der Waals surface area contributed by atoms with Crippen molar-refractivity contribution < 1.29 is 18.9 Å². The largest absolute Gasteiger partial charge is 0.497 e. The van der Waals surface area contributed by atoms with E-state index in [9.17, 15) is 4.79 Å². The van der Waals surface area contributed by atoms with Gasteiger partial charge in [0.2, 0.25) is 0 Å². The summed E-state index contributed by atoms with van der Waals surface area (Å²) in [5.74, 6) is 2.41. The highest BCUT2D eigenvalue weighted by Crippen LogP contribution is 2.30. The van der Waals surface area contributed by atoms with E-state index in [-0.39, 0.29) is 5.56 Å². The fraction of sp³-hybridized carbons (Fsp3) is 0.250. The number of methoxy groups -OCH3 is 4. The molecule has 1 heterocycles. The molecule has 26 heavy (non-hydrogen) atoms. The molecule has 136 valence electrons. The van der Waals surface area contributed by atoms with Gasteiger partial charge in [-0.25, -0.2) is 0 Å². The van der Waals surface area contributed by atoms with Gasteiger partial charge in [-0.15, -0.1) is 0 Å². The second kappa shape index (κ2) is 7.39. The zero-order chi connectivity index (χ0) is 18.7. The summed E-state index contributed by atoms with van der Waals surface area (Å²) < 4.78 is 22.9. The van der Waals surface area contributed by atoms with Gasteiger partial charge < -0.3 is 23.5 Å². The van der Waals surface area contributed by atoms with Gasteiger partial charge >= 0.3 is 0 Å². The third-order valence-electron chi connectivity index (χ3n) is 4.27. The van der Waals surface area contributed by atoms with E-state index in [1.807, 2.05) is 30.3 Å². The van der Waals surface area contributed by atoms with Crippen molar-refractivity contribution in [1.82, 2.24) is 4.57 Å². The number of nitrogens with zero attached hydrogens (tertiary/aromatic N) is 1. The number of pyridine rings is 1. The smallest absolute Gasteiger partial charge is 0.262 e. The molecule has 0 aliphatic carbocycles. The average Bonchev–Trinajstić information content (AvgIpc) is 2.68. The van der Waals surface area contributed by atoms with Crippen molar-refractivity contribution in [3.05, 3.63) is 58.5 Å². The van der Waals surface area contributed by atoms with Crippen LogP contribution in [0, 0.1) is 0 Å². The Labute approximate surface area is 151 Å². The van der Waals surface area contributed by atoms with Crippen LogP contribution in [-0.2, 0) is 6.54 Å². The topological polar surface area (TPSA) is 58.9 Å². The molecule has 3 aromatic rings. The molecule has 0 spiro atoms. The van der Waals surface area contributed by atoms with Crippen molar-refractivity contribution in [2.75, 3.05) is 28.4 Å². The average molecular weight is 355 g/mol. The first-order valence-electron chi connectivity index (χ1n) is 8.07. The van der Waals surface area contributed by atoms with E-state index in [4.69, 9.17) is 18.9 Å². The zero-order valence-corrected chi connectivity index (χ0v) is 15.2. The minimum Gasteiger partial charge on any atom is -0.497 e. The summed E-state index contributed by atoms with van der Waals surface area (Å²) >= 11 is 0. The Morgan fingerprint density at radius 3 is 2.19 bits per heavy atom. The lowest BCUT2D eigenvalue weighted by atomic mass is 10.1.